The molecule has 0 atom stereocenters. The van der Waals surface area contributed by atoms with Crippen molar-refractivity contribution in [2.75, 3.05) is 11.9 Å². The van der Waals surface area contributed by atoms with Crippen molar-refractivity contribution in [3.05, 3.63) is 64.7 Å². The summed E-state index contributed by atoms with van der Waals surface area (Å²) in [7, 11) is 0. The number of carbonyl (C=O) groups is 2. The Balaban J connectivity index is 2.14. The van der Waals surface area contributed by atoms with Gasteiger partial charge in [-0.2, -0.15) is 13.2 Å². The fraction of sp³-hybridized carbons (Fsp3) is 0.222. The Morgan fingerprint density at radius 2 is 1.77 bits per heavy atom. The summed E-state index contributed by atoms with van der Waals surface area (Å²) < 4.78 is 38.4. The molecule has 0 heterocycles. The molecule has 138 valence electrons. The fourth-order valence-electron chi connectivity index (χ4n) is 2.25. The van der Waals surface area contributed by atoms with Crippen LogP contribution in [0.4, 0.5) is 18.9 Å². The van der Waals surface area contributed by atoms with Gasteiger partial charge in [0.15, 0.2) is 0 Å². The van der Waals surface area contributed by atoms with Crippen LogP contribution in [0.1, 0.15) is 18.1 Å². The summed E-state index contributed by atoms with van der Waals surface area (Å²) in [5.74, 6) is -1.91. The third-order valence-corrected chi connectivity index (χ3v) is 3.95. The molecule has 4 nitrogen and oxygen atoms in total. The molecule has 2 rings (SSSR count). The molecule has 0 saturated carbocycles. The van der Waals surface area contributed by atoms with E-state index in [9.17, 15) is 22.8 Å². The second kappa shape index (κ2) is 8.23. The van der Waals surface area contributed by atoms with Crippen LogP contribution in [-0.4, -0.2) is 23.3 Å². The first-order chi connectivity index (χ1) is 12.2. The predicted molar refractivity (Wildman–Crippen MR) is 92.6 cm³/mol. The number of rotatable bonds is 4. The number of alkyl halides is 3. The normalized spacial score (nSPS) is 11.1. The van der Waals surface area contributed by atoms with Crippen molar-refractivity contribution in [1.82, 2.24) is 4.90 Å². The fourth-order valence-corrected chi connectivity index (χ4v) is 2.41. The molecule has 0 radical (unpaired) electrons. The van der Waals surface area contributed by atoms with Crippen LogP contribution in [0.15, 0.2) is 48.5 Å². The first-order valence-electron chi connectivity index (χ1n) is 7.73. The molecular formula is C18H16ClF3N2O2. The zero-order chi connectivity index (χ0) is 19.3. The van der Waals surface area contributed by atoms with E-state index in [1.165, 1.54) is 4.90 Å². The lowest BCUT2D eigenvalue weighted by Crippen LogP contribution is -2.39. The number of anilines is 1. The largest absolute Gasteiger partial charge is 0.416 e. The van der Waals surface area contributed by atoms with E-state index >= 15 is 0 Å². The first kappa shape index (κ1) is 19.8. The minimum atomic E-state index is -4.59. The average molecular weight is 385 g/mol. The predicted octanol–water partition coefficient (Wildman–Crippen LogP) is 4.35. The monoisotopic (exact) mass is 384 g/mol. The number of nitrogens with one attached hydrogen (secondary N) is 1. The second-order valence-corrected chi connectivity index (χ2v) is 5.86. The number of carbonyl (C=O) groups excluding carboxylic acids is 2. The van der Waals surface area contributed by atoms with E-state index in [4.69, 9.17) is 11.6 Å². The van der Waals surface area contributed by atoms with Gasteiger partial charge in [0.1, 0.15) is 0 Å². The van der Waals surface area contributed by atoms with Crippen molar-refractivity contribution in [2.45, 2.75) is 19.6 Å². The van der Waals surface area contributed by atoms with E-state index in [1.807, 2.05) is 6.07 Å². The number of amides is 2. The van der Waals surface area contributed by atoms with Gasteiger partial charge in [0.05, 0.1) is 16.3 Å². The first-order valence-corrected chi connectivity index (χ1v) is 8.11. The number of hydrogen-bond donors (Lipinski definition) is 1. The van der Waals surface area contributed by atoms with Crippen LogP contribution in [0.25, 0.3) is 0 Å². The maximum atomic E-state index is 12.8. The lowest BCUT2D eigenvalue weighted by molar-refractivity contribution is -0.143. The van der Waals surface area contributed by atoms with Gasteiger partial charge in [0.25, 0.3) is 0 Å². The molecule has 2 aromatic carbocycles. The SMILES string of the molecule is CCN(Cc1ccccc1)C(=O)C(=O)Nc1cc(C(F)(F)F)ccc1Cl. The highest BCUT2D eigenvalue weighted by Crippen LogP contribution is 2.33. The molecule has 0 bridgehead atoms. The molecule has 8 heteroatoms. The molecule has 0 saturated heterocycles. The van der Waals surface area contributed by atoms with Crippen LogP contribution in [-0.2, 0) is 22.3 Å². The highest BCUT2D eigenvalue weighted by Gasteiger charge is 2.31. The lowest BCUT2D eigenvalue weighted by Gasteiger charge is -2.20. The molecule has 0 aliphatic heterocycles. The molecule has 0 spiro atoms. The van der Waals surface area contributed by atoms with Crippen LogP contribution in [0.3, 0.4) is 0 Å². The van der Waals surface area contributed by atoms with Gasteiger partial charge >= 0.3 is 18.0 Å². The molecule has 26 heavy (non-hydrogen) atoms. The number of nitrogens with zero attached hydrogens (tertiary/aromatic N) is 1. The van der Waals surface area contributed by atoms with Gasteiger partial charge in [-0.3, -0.25) is 9.59 Å². The van der Waals surface area contributed by atoms with Crippen molar-refractivity contribution in [2.24, 2.45) is 0 Å². The summed E-state index contributed by atoms with van der Waals surface area (Å²) in [6.07, 6.45) is -4.59. The Kier molecular flexibility index (Phi) is 6.26. The Morgan fingerprint density at radius 1 is 1.12 bits per heavy atom. The quantitative estimate of drug-likeness (QED) is 0.797. The molecule has 2 aromatic rings. The van der Waals surface area contributed by atoms with E-state index in [-0.39, 0.29) is 23.8 Å². The Hall–Kier alpha value is -2.54. The van der Waals surface area contributed by atoms with Crippen LogP contribution in [0.2, 0.25) is 5.02 Å². The van der Waals surface area contributed by atoms with Crippen molar-refractivity contribution in [1.29, 1.82) is 0 Å². The van der Waals surface area contributed by atoms with E-state index in [1.54, 1.807) is 31.2 Å². The van der Waals surface area contributed by atoms with Crippen molar-refractivity contribution in [3.8, 4) is 0 Å². The molecule has 0 aliphatic rings. The standard InChI is InChI=1S/C18H16ClF3N2O2/c1-2-24(11-12-6-4-3-5-7-12)17(26)16(25)23-15-10-13(18(20,21)22)8-9-14(15)19/h3-10H,2,11H2,1H3,(H,23,25). The van der Waals surface area contributed by atoms with Crippen molar-refractivity contribution >= 4 is 29.1 Å². The molecule has 0 aromatic heterocycles. The smallest absolute Gasteiger partial charge is 0.330 e. The minimum Gasteiger partial charge on any atom is -0.330 e. The van der Waals surface area contributed by atoms with Gasteiger partial charge in [0.2, 0.25) is 0 Å². The second-order valence-electron chi connectivity index (χ2n) is 5.45. The van der Waals surface area contributed by atoms with Crippen molar-refractivity contribution < 1.29 is 22.8 Å². The maximum Gasteiger partial charge on any atom is 0.416 e. The maximum absolute atomic E-state index is 12.8. The van der Waals surface area contributed by atoms with E-state index in [2.05, 4.69) is 5.32 Å². The van der Waals surface area contributed by atoms with E-state index in [0.29, 0.717) is 6.07 Å². The Bertz CT molecular complexity index is 795. The molecule has 0 aliphatic carbocycles. The third kappa shape index (κ3) is 4.98. The summed E-state index contributed by atoms with van der Waals surface area (Å²) >= 11 is 5.83. The topological polar surface area (TPSA) is 49.4 Å². The number of halogens is 4. The zero-order valence-corrected chi connectivity index (χ0v) is 14.6. The van der Waals surface area contributed by atoms with Crippen molar-refractivity contribution in [3.63, 3.8) is 0 Å². The minimum absolute atomic E-state index is 0.0924. The van der Waals surface area contributed by atoms with Gasteiger partial charge in [-0.15, -0.1) is 0 Å². The molecule has 1 N–H and O–H groups in total. The molecular weight excluding hydrogens is 369 g/mol. The summed E-state index contributed by atoms with van der Waals surface area (Å²) in [5, 5.41) is 2.07. The van der Waals surface area contributed by atoms with Gasteiger partial charge in [-0.05, 0) is 30.7 Å². The Labute approximate surface area is 153 Å². The van der Waals surface area contributed by atoms with E-state index < -0.39 is 23.6 Å². The third-order valence-electron chi connectivity index (χ3n) is 3.62. The van der Waals surface area contributed by atoms with Crippen LogP contribution >= 0.6 is 11.6 Å². The highest BCUT2D eigenvalue weighted by atomic mass is 35.5. The molecule has 0 fully saturated rings. The van der Waals surface area contributed by atoms with Gasteiger partial charge < -0.3 is 10.2 Å². The van der Waals surface area contributed by atoms with Gasteiger partial charge in [-0.25, -0.2) is 0 Å². The van der Waals surface area contributed by atoms with Crippen LogP contribution < -0.4 is 5.32 Å². The summed E-state index contributed by atoms with van der Waals surface area (Å²) in [6.45, 7) is 2.17. The average Bonchev–Trinajstić information content (AvgIpc) is 2.60. The molecule has 2 amide bonds. The van der Waals surface area contributed by atoms with Crippen LogP contribution in [0.5, 0.6) is 0 Å². The van der Waals surface area contributed by atoms with Gasteiger partial charge in [0, 0.05) is 13.1 Å². The number of likely N-dealkylation sites (N-methyl/N-ethyl adjacent to an activating group) is 1. The Morgan fingerprint density at radius 3 is 2.35 bits per heavy atom. The van der Waals surface area contributed by atoms with E-state index in [0.717, 1.165) is 17.7 Å². The highest BCUT2D eigenvalue weighted by molar-refractivity contribution is 6.41. The lowest BCUT2D eigenvalue weighted by atomic mass is 10.2. The van der Waals surface area contributed by atoms with Gasteiger partial charge in [-0.1, -0.05) is 41.9 Å². The summed E-state index contributed by atoms with van der Waals surface area (Å²) in [5.41, 5.74) is -0.413. The molecule has 0 unspecified atom stereocenters. The summed E-state index contributed by atoms with van der Waals surface area (Å²) in [6, 6.07) is 11.5. The summed E-state index contributed by atoms with van der Waals surface area (Å²) in [4.78, 5) is 25.8. The number of hydrogen-bond acceptors (Lipinski definition) is 2. The van der Waals surface area contributed by atoms with Crippen LogP contribution in [0, 0.1) is 0 Å². The zero-order valence-electron chi connectivity index (χ0n) is 13.8. The number of benzene rings is 2.